The number of hydrogen-bond acceptors (Lipinski definition) is 6. The second kappa shape index (κ2) is 11.2. The van der Waals surface area contributed by atoms with Crippen molar-refractivity contribution in [2.75, 3.05) is 25.1 Å². The van der Waals surface area contributed by atoms with E-state index in [2.05, 4.69) is 64.0 Å². The summed E-state index contributed by atoms with van der Waals surface area (Å²) in [6, 6.07) is 12.2. The normalized spacial score (nSPS) is 15.2. The van der Waals surface area contributed by atoms with E-state index in [1.165, 1.54) is 5.56 Å². The molecule has 0 atom stereocenters. The van der Waals surface area contributed by atoms with Crippen LogP contribution in [0.5, 0.6) is 5.75 Å². The summed E-state index contributed by atoms with van der Waals surface area (Å²) in [5, 5.41) is 2.63. The quantitative estimate of drug-likeness (QED) is 0.294. The van der Waals surface area contributed by atoms with Crippen molar-refractivity contribution in [3.8, 4) is 17.0 Å². The first-order valence-corrected chi connectivity index (χ1v) is 15.7. The number of anilines is 1. The average molecular weight is 541 g/mol. The number of ether oxygens (including phenoxy) is 1. The molecule has 0 radical (unpaired) electrons. The number of nitrogens with zero attached hydrogens (tertiary/aromatic N) is 2. The Kier molecular flexibility index (Phi) is 8.34. The molecule has 7 heteroatoms. The Bertz CT molecular complexity index is 1310. The van der Waals surface area contributed by atoms with Crippen LogP contribution in [0.2, 0.25) is 0 Å². The molecule has 0 aliphatic carbocycles. The molecule has 1 aliphatic heterocycles. The molecule has 0 bridgehead atoms. The van der Waals surface area contributed by atoms with E-state index in [-0.39, 0.29) is 17.1 Å². The molecule has 2 aromatic carbocycles. The van der Waals surface area contributed by atoms with Gasteiger partial charge in [-0.2, -0.15) is 0 Å². The fourth-order valence-electron chi connectivity index (χ4n) is 5.07. The predicted molar refractivity (Wildman–Crippen MR) is 155 cm³/mol. The molecule has 0 spiro atoms. The van der Waals surface area contributed by atoms with Gasteiger partial charge in [0.25, 0.3) is 0 Å². The number of rotatable bonds is 8. The van der Waals surface area contributed by atoms with Crippen LogP contribution < -0.4 is 9.64 Å². The number of hydrogen-bond donors (Lipinski definition) is 0. The van der Waals surface area contributed by atoms with Gasteiger partial charge < -0.3 is 9.64 Å². The van der Waals surface area contributed by atoms with Crippen LogP contribution in [0.25, 0.3) is 11.3 Å². The Morgan fingerprint density at radius 2 is 1.57 bits per heavy atom. The smallest absolute Gasteiger partial charge is 0.185 e. The van der Waals surface area contributed by atoms with Crippen LogP contribution in [-0.4, -0.2) is 38.9 Å². The number of sulfone groups is 1. The monoisotopic (exact) mass is 540 g/mol. The Labute approximate surface area is 226 Å². The third kappa shape index (κ3) is 5.73. The molecule has 37 heavy (non-hydrogen) atoms. The average Bonchev–Trinajstić information content (AvgIpc) is 3.38. The zero-order chi connectivity index (χ0) is 26.9. The van der Waals surface area contributed by atoms with Gasteiger partial charge in [-0.25, -0.2) is 13.4 Å². The predicted octanol–water partition coefficient (Wildman–Crippen LogP) is 7.63. The molecule has 1 aliphatic rings. The number of aromatic nitrogens is 1. The minimum Gasteiger partial charge on any atom is -0.497 e. The van der Waals surface area contributed by atoms with E-state index < -0.39 is 9.84 Å². The van der Waals surface area contributed by atoms with Gasteiger partial charge in [-0.15, -0.1) is 11.3 Å². The molecule has 0 N–H and O–H groups in total. The lowest BCUT2D eigenvalue weighted by atomic mass is 9.89. The Balaban J connectivity index is 1.57. The lowest BCUT2D eigenvalue weighted by Crippen LogP contribution is -2.39. The molecule has 1 fully saturated rings. The van der Waals surface area contributed by atoms with Gasteiger partial charge in [-0.1, -0.05) is 65.8 Å². The molecule has 200 valence electrons. The molecule has 3 aromatic rings. The van der Waals surface area contributed by atoms with Crippen LogP contribution in [0.4, 0.5) is 5.13 Å². The second-order valence-electron chi connectivity index (χ2n) is 11.0. The molecule has 0 unspecified atom stereocenters. The van der Waals surface area contributed by atoms with E-state index in [9.17, 15) is 8.42 Å². The zero-order valence-corrected chi connectivity index (χ0v) is 24.7. The molecular formula is C30H40N2O3S2. The first-order valence-electron chi connectivity index (χ1n) is 13.3. The lowest BCUT2D eigenvalue weighted by molar-refractivity contribution is 0.415. The van der Waals surface area contributed by atoms with Crippen molar-refractivity contribution in [3.05, 3.63) is 58.5 Å². The van der Waals surface area contributed by atoms with Gasteiger partial charge in [-0.05, 0) is 59.4 Å². The van der Waals surface area contributed by atoms with Crippen molar-refractivity contribution >= 4 is 26.3 Å². The van der Waals surface area contributed by atoms with E-state index in [0.29, 0.717) is 36.7 Å². The largest absolute Gasteiger partial charge is 0.497 e. The standard InChI is InChI=1S/C30H40N2O3S2/c1-19(2)23-16-26(20(3)4)29(27(17-23)21(5)6)37(33,34)25-11-13-32(14-12-25)30-31-28(18-36-30)22-9-8-10-24(15-22)35-7/h8-10,15-21,25H,11-14H2,1-7H3. The minimum atomic E-state index is -3.46. The van der Waals surface area contributed by atoms with Gasteiger partial charge in [0.1, 0.15) is 5.75 Å². The van der Waals surface area contributed by atoms with Crippen molar-refractivity contribution in [1.82, 2.24) is 4.98 Å². The maximum absolute atomic E-state index is 14.2. The van der Waals surface area contributed by atoms with Crippen LogP contribution >= 0.6 is 11.3 Å². The number of methoxy groups -OCH3 is 1. The highest BCUT2D eigenvalue weighted by Gasteiger charge is 2.36. The summed E-state index contributed by atoms with van der Waals surface area (Å²) in [6.07, 6.45) is 1.22. The van der Waals surface area contributed by atoms with Crippen LogP contribution in [0, 0.1) is 0 Å². The molecule has 1 saturated heterocycles. The molecule has 5 nitrogen and oxygen atoms in total. The van der Waals surface area contributed by atoms with E-state index >= 15 is 0 Å². The fourth-order valence-corrected chi connectivity index (χ4v) is 8.37. The summed E-state index contributed by atoms with van der Waals surface area (Å²) >= 11 is 1.61. The summed E-state index contributed by atoms with van der Waals surface area (Å²) in [5.41, 5.74) is 5.10. The first-order chi connectivity index (χ1) is 17.5. The highest BCUT2D eigenvalue weighted by molar-refractivity contribution is 7.92. The van der Waals surface area contributed by atoms with Crippen molar-refractivity contribution in [2.24, 2.45) is 0 Å². The molecular weight excluding hydrogens is 500 g/mol. The van der Waals surface area contributed by atoms with E-state index in [1.54, 1.807) is 18.4 Å². The number of piperidine rings is 1. The van der Waals surface area contributed by atoms with Gasteiger partial charge in [0.15, 0.2) is 15.0 Å². The third-order valence-electron chi connectivity index (χ3n) is 7.37. The van der Waals surface area contributed by atoms with Crippen LogP contribution in [0.1, 0.15) is 88.8 Å². The van der Waals surface area contributed by atoms with Crippen LogP contribution in [0.15, 0.2) is 46.7 Å². The van der Waals surface area contributed by atoms with E-state index in [1.807, 2.05) is 24.3 Å². The highest BCUT2D eigenvalue weighted by atomic mass is 32.2. The highest BCUT2D eigenvalue weighted by Crippen LogP contribution is 2.39. The maximum Gasteiger partial charge on any atom is 0.185 e. The van der Waals surface area contributed by atoms with Gasteiger partial charge in [-0.3, -0.25) is 0 Å². The van der Waals surface area contributed by atoms with Gasteiger partial charge in [0, 0.05) is 24.0 Å². The zero-order valence-electron chi connectivity index (χ0n) is 23.1. The van der Waals surface area contributed by atoms with Gasteiger partial charge in [0.2, 0.25) is 0 Å². The SMILES string of the molecule is COc1cccc(-c2csc(N3CCC(S(=O)(=O)c4c(C(C)C)cc(C(C)C)cc4C(C)C)CC3)n2)c1. The fraction of sp³-hybridized carbons (Fsp3) is 0.500. The molecule has 4 rings (SSSR count). The van der Waals surface area contributed by atoms with Gasteiger partial charge in [0.05, 0.1) is 22.9 Å². The molecule has 2 heterocycles. The summed E-state index contributed by atoms with van der Waals surface area (Å²) < 4.78 is 33.7. The van der Waals surface area contributed by atoms with E-state index in [0.717, 1.165) is 33.3 Å². The Morgan fingerprint density at radius 1 is 0.946 bits per heavy atom. The summed E-state index contributed by atoms with van der Waals surface area (Å²) in [5.74, 6) is 1.45. The van der Waals surface area contributed by atoms with Gasteiger partial charge >= 0.3 is 0 Å². The van der Waals surface area contributed by atoms with Crippen molar-refractivity contribution in [2.45, 2.75) is 82.3 Å². The van der Waals surface area contributed by atoms with Crippen LogP contribution in [-0.2, 0) is 9.84 Å². The summed E-state index contributed by atoms with van der Waals surface area (Å²) in [4.78, 5) is 7.69. The minimum absolute atomic E-state index is 0.145. The first kappa shape index (κ1) is 27.6. The molecule has 0 saturated carbocycles. The van der Waals surface area contributed by atoms with E-state index in [4.69, 9.17) is 9.72 Å². The summed E-state index contributed by atoms with van der Waals surface area (Å²) in [7, 11) is -1.80. The Hall–Kier alpha value is -2.38. The lowest BCUT2D eigenvalue weighted by Gasteiger charge is -2.33. The number of benzene rings is 2. The Morgan fingerprint density at radius 3 is 2.11 bits per heavy atom. The molecule has 0 amide bonds. The summed E-state index contributed by atoms with van der Waals surface area (Å²) in [6.45, 7) is 14.1. The van der Waals surface area contributed by atoms with Crippen molar-refractivity contribution in [3.63, 3.8) is 0 Å². The van der Waals surface area contributed by atoms with Crippen molar-refractivity contribution in [1.29, 1.82) is 0 Å². The topological polar surface area (TPSA) is 59.5 Å². The number of thiazole rings is 1. The van der Waals surface area contributed by atoms with Crippen LogP contribution in [0.3, 0.4) is 0 Å². The molecule has 1 aromatic heterocycles. The second-order valence-corrected chi connectivity index (χ2v) is 14.0. The third-order valence-corrected chi connectivity index (χ3v) is 10.7. The van der Waals surface area contributed by atoms with Crippen molar-refractivity contribution < 1.29 is 13.2 Å². The maximum atomic E-state index is 14.2.